The van der Waals surface area contributed by atoms with Crippen LogP contribution in [0.25, 0.3) is 11.0 Å². The number of nitro benzene ring substituents is 1. The summed E-state index contributed by atoms with van der Waals surface area (Å²) in [7, 11) is 0. The number of non-ortho nitro benzene ring substituents is 1. The van der Waals surface area contributed by atoms with Gasteiger partial charge in [0.2, 0.25) is 0 Å². The summed E-state index contributed by atoms with van der Waals surface area (Å²) in [6, 6.07) is 16.3. The molecule has 37 heavy (non-hydrogen) atoms. The minimum Gasteiger partial charge on any atom is -0.507 e. The summed E-state index contributed by atoms with van der Waals surface area (Å²) in [5, 5.41) is 34.3. The lowest BCUT2D eigenvalue weighted by molar-refractivity contribution is -0.384. The molecule has 1 heterocycles. The maximum atomic E-state index is 13.4. The van der Waals surface area contributed by atoms with E-state index in [1.54, 1.807) is 36.4 Å². The molecule has 0 saturated carbocycles. The highest BCUT2D eigenvalue weighted by molar-refractivity contribution is 5.84. The van der Waals surface area contributed by atoms with Gasteiger partial charge >= 0.3 is 5.63 Å². The Bertz CT molecular complexity index is 1520. The van der Waals surface area contributed by atoms with E-state index in [0.717, 1.165) is 0 Å². The van der Waals surface area contributed by atoms with Gasteiger partial charge in [0.1, 0.15) is 17.1 Å². The summed E-state index contributed by atoms with van der Waals surface area (Å²) in [5.74, 6) is -0.844. The van der Waals surface area contributed by atoms with Crippen molar-refractivity contribution < 1.29 is 19.6 Å². The summed E-state index contributed by atoms with van der Waals surface area (Å²) >= 11 is 0. The molecule has 0 radical (unpaired) electrons. The number of hydrogen-bond acceptors (Lipinski definition) is 6. The van der Waals surface area contributed by atoms with Crippen molar-refractivity contribution >= 4 is 16.7 Å². The normalized spacial score (nSPS) is 13.0. The Kier molecular flexibility index (Phi) is 6.36. The molecule has 4 aromatic rings. The molecule has 1 unspecified atom stereocenters. The number of nitro groups is 1. The molecule has 7 heteroatoms. The molecule has 0 aliphatic heterocycles. The highest BCUT2D eigenvalue weighted by atomic mass is 16.6. The zero-order valence-corrected chi connectivity index (χ0v) is 21.8. The Morgan fingerprint density at radius 2 is 1.35 bits per heavy atom. The fourth-order valence-electron chi connectivity index (χ4n) is 4.68. The van der Waals surface area contributed by atoms with Crippen molar-refractivity contribution in [3.05, 3.63) is 109 Å². The number of aromatic hydroxyl groups is 2. The predicted octanol–water partition coefficient (Wildman–Crippen LogP) is 6.89. The van der Waals surface area contributed by atoms with Crippen molar-refractivity contribution in [2.24, 2.45) is 0 Å². The molecular formula is C30H31NO6. The lowest BCUT2D eigenvalue weighted by Gasteiger charge is -2.30. The predicted molar refractivity (Wildman–Crippen MR) is 144 cm³/mol. The van der Waals surface area contributed by atoms with Crippen LogP contribution in [0.3, 0.4) is 0 Å². The molecule has 0 aliphatic rings. The van der Waals surface area contributed by atoms with E-state index in [0.29, 0.717) is 27.6 Å². The van der Waals surface area contributed by atoms with E-state index < -0.39 is 27.3 Å². The minimum atomic E-state index is -0.815. The van der Waals surface area contributed by atoms with Gasteiger partial charge in [0.05, 0.1) is 15.9 Å². The quantitative estimate of drug-likeness (QED) is 0.179. The Morgan fingerprint density at radius 1 is 0.811 bits per heavy atom. The van der Waals surface area contributed by atoms with Crippen molar-refractivity contribution in [2.75, 3.05) is 0 Å². The van der Waals surface area contributed by atoms with Crippen LogP contribution in [-0.4, -0.2) is 15.1 Å². The largest absolute Gasteiger partial charge is 0.507 e. The molecule has 0 fully saturated rings. The highest BCUT2D eigenvalue weighted by Crippen LogP contribution is 2.45. The molecule has 0 bridgehead atoms. The third-order valence-corrected chi connectivity index (χ3v) is 6.63. The Hall–Kier alpha value is -4.13. The average Bonchev–Trinajstić information content (AvgIpc) is 2.81. The van der Waals surface area contributed by atoms with Gasteiger partial charge in [0.25, 0.3) is 5.69 Å². The van der Waals surface area contributed by atoms with Crippen LogP contribution in [-0.2, 0) is 10.8 Å². The second-order valence-electron chi connectivity index (χ2n) is 11.4. The molecule has 4 rings (SSSR count). The SMILES string of the molecule is CC(C)(C)c1cc(C(c2ccc([N+](=O)[O-])cc2)c2c(O)c3ccccc3oc2=O)cc(C(C)(C)C)c1O. The molecule has 0 spiro atoms. The molecule has 1 aromatic heterocycles. The van der Waals surface area contributed by atoms with Crippen molar-refractivity contribution in [2.45, 2.75) is 58.3 Å². The van der Waals surface area contributed by atoms with Gasteiger partial charge in [-0.3, -0.25) is 10.1 Å². The maximum Gasteiger partial charge on any atom is 0.344 e. The number of para-hydroxylation sites is 1. The molecule has 192 valence electrons. The Morgan fingerprint density at radius 3 is 1.86 bits per heavy atom. The van der Waals surface area contributed by atoms with E-state index in [9.17, 15) is 25.1 Å². The van der Waals surface area contributed by atoms with Crippen molar-refractivity contribution in [1.29, 1.82) is 0 Å². The number of fused-ring (bicyclic) bond motifs is 1. The lowest BCUT2D eigenvalue weighted by Crippen LogP contribution is -2.21. The summed E-state index contributed by atoms with van der Waals surface area (Å²) in [4.78, 5) is 24.2. The number of phenols is 1. The fourth-order valence-corrected chi connectivity index (χ4v) is 4.68. The number of rotatable bonds is 4. The van der Waals surface area contributed by atoms with E-state index in [2.05, 4.69) is 0 Å². The minimum absolute atomic E-state index is 0.0259. The summed E-state index contributed by atoms with van der Waals surface area (Å²) in [6.45, 7) is 11.9. The topological polar surface area (TPSA) is 114 Å². The zero-order chi connectivity index (χ0) is 27.3. The van der Waals surface area contributed by atoms with Gasteiger partial charge in [-0.15, -0.1) is 0 Å². The zero-order valence-electron chi connectivity index (χ0n) is 21.8. The smallest absolute Gasteiger partial charge is 0.344 e. The van der Waals surface area contributed by atoms with Crippen LogP contribution in [0.4, 0.5) is 5.69 Å². The number of phenolic OH excluding ortho intramolecular Hbond substituents is 1. The molecule has 0 saturated heterocycles. The second-order valence-corrected chi connectivity index (χ2v) is 11.4. The van der Waals surface area contributed by atoms with E-state index >= 15 is 0 Å². The van der Waals surface area contributed by atoms with Crippen molar-refractivity contribution in [3.63, 3.8) is 0 Å². The van der Waals surface area contributed by atoms with Crippen LogP contribution in [0.2, 0.25) is 0 Å². The summed E-state index contributed by atoms with van der Waals surface area (Å²) in [5.41, 5.74) is 1.21. The van der Waals surface area contributed by atoms with Crippen molar-refractivity contribution in [3.8, 4) is 11.5 Å². The van der Waals surface area contributed by atoms with E-state index in [1.807, 2.05) is 53.7 Å². The highest BCUT2D eigenvalue weighted by Gasteiger charge is 2.32. The van der Waals surface area contributed by atoms with Crippen LogP contribution in [0, 0.1) is 10.1 Å². The van der Waals surface area contributed by atoms with Gasteiger partial charge < -0.3 is 14.6 Å². The first-order valence-electron chi connectivity index (χ1n) is 12.1. The molecule has 1 atom stereocenters. The number of nitrogens with zero attached hydrogens (tertiary/aromatic N) is 1. The average molecular weight is 502 g/mol. The monoisotopic (exact) mass is 501 g/mol. The molecule has 3 aromatic carbocycles. The summed E-state index contributed by atoms with van der Waals surface area (Å²) in [6.07, 6.45) is 0. The van der Waals surface area contributed by atoms with E-state index in [-0.39, 0.29) is 28.3 Å². The molecular weight excluding hydrogens is 470 g/mol. The number of hydrogen-bond donors (Lipinski definition) is 2. The van der Waals surface area contributed by atoms with Gasteiger partial charge in [0.15, 0.2) is 0 Å². The number of benzene rings is 3. The van der Waals surface area contributed by atoms with Gasteiger partial charge in [-0.25, -0.2) is 4.79 Å². The third-order valence-electron chi connectivity index (χ3n) is 6.63. The molecule has 2 N–H and O–H groups in total. The fraction of sp³-hybridized carbons (Fsp3) is 0.300. The van der Waals surface area contributed by atoms with E-state index in [1.165, 1.54) is 12.1 Å². The maximum absolute atomic E-state index is 13.4. The standard InChI is InChI=1S/C30H31NO6/c1-29(2,3)21-15-18(16-22(27(21)33)30(4,5)6)24(17-11-13-19(14-12-17)31(35)36)25-26(32)20-9-7-8-10-23(20)37-28(25)34/h7-16,24,32-33H,1-6H3. The third kappa shape index (κ3) is 4.81. The van der Waals surface area contributed by atoms with Gasteiger partial charge in [-0.1, -0.05) is 77.9 Å². The van der Waals surface area contributed by atoms with Crippen LogP contribution in [0.1, 0.15) is 75.3 Å². The molecule has 7 nitrogen and oxygen atoms in total. The van der Waals surface area contributed by atoms with Crippen LogP contribution in [0.5, 0.6) is 11.5 Å². The van der Waals surface area contributed by atoms with Gasteiger partial charge in [0, 0.05) is 18.1 Å². The van der Waals surface area contributed by atoms with Gasteiger partial charge in [-0.05, 0) is 45.2 Å². The van der Waals surface area contributed by atoms with Gasteiger partial charge in [-0.2, -0.15) is 0 Å². The van der Waals surface area contributed by atoms with Crippen LogP contribution >= 0.6 is 0 Å². The first-order chi connectivity index (χ1) is 17.2. The lowest BCUT2D eigenvalue weighted by atomic mass is 9.75. The van der Waals surface area contributed by atoms with E-state index in [4.69, 9.17) is 4.42 Å². The van der Waals surface area contributed by atoms with Crippen molar-refractivity contribution in [1.82, 2.24) is 0 Å². The second kappa shape index (κ2) is 9.07. The first kappa shape index (κ1) is 25.9. The Balaban J connectivity index is 2.12. The summed E-state index contributed by atoms with van der Waals surface area (Å²) < 4.78 is 5.61. The molecule has 0 aliphatic carbocycles. The molecule has 0 amide bonds. The van der Waals surface area contributed by atoms with Crippen LogP contribution in [0.15, 0.2) is 69.9 Å². The van der Waals surface area contributed by atoms with Crippen LogP contribution < -0.4 is 5.63 Å². The first-order valence-corrected chi connectivity index (χ1v) is 12.1. The Labute approximate surface area is 215 Å².